The molecule has 0 aliphatic carbocycles. The lowest BCUT2D eigenvalue weighted by atomic mass is 10.0. The van der Waals surface area contributed by atoms with Crippen molar-refractivity contribution in [1.82, 2.24) is 19.0 Å². The highest BCUT2D eigenvalue weighted by molar-refractivity contribution is 5.94. The van der Waals surface area contributed by atoms with Gasteiger partial charge in [0.15, 0.2) is 5.65 Å². The van der Waals surface area contributed by atoms with E-state index in [2.05, 4.69) is 9.72 Å². The first-order valence-corrected chi connectivity index (χ1v) is 10.3. The fourth-order valence-corrected chi connectivity index (χ4v) is 4.07. The highest BCUT2D eigenvalue weighted by Crippen LogP contribution is 2.26. The quantitative estimate of drug-likeness (QED) is 0.559. The molecule has 11 heteroatoms. The Balaban J connectivity index is 1.53. The van der Waals surface area contributed by atoms with Gasteiger partial charge in [0, 0.05) is 37.4 Å². The number of ether oxygens (including phenoxy) is 1. The third-order valence-corrected chi connectivity index (χ3v) is 5.74. The molecule has 33 heavy (non-hydrogen) atoms. The van der Waals surface area contributed by atoms with E-state index in [1.165, 1.54) is 28.3 Å². The molecule has 0 N–H and O–H groups in total. The first kappa shape index (κ1) is 22.6. The molecule has 1 fully saturated rings. The van der Waals surface area contributed by atoms with Crippen molar-refractivity contribution in [3.8, 4) is 5.75 Å². The molecule has 0 bridgehead atoms. The second-order valence-electron chi connectivity index (χ2n) is 7.93. The molecule has 0 saturated carbocycles. The molecule has 174 valence electrons. The molecule has 1 aliphatic rings. The Hall–Kier alpha value is -3.63. The lowest BCUT2D eigenvalue weighted by Crippen LogP contribution is -2.46. The first-order chi connectivity index (χ1) is 15.5. The lowest BCUT2D eigenvalue weighted by Gasteiger charge is -2.33. The van der Waals surface area contributed by atoms with Crippen LogP contribution in [0, 0.1) is 6.92 Å². The molecule has 1 aliphatic heterocycles. The third kappa shape index (κ3) is 4.48. The van der Waals surface area contributed by atoms with E-state index in [0.717, 1.165) is 12.1 Å². The van der Waals surface area contributed by atoms with E-state index >= 15 is 0 Å². The number of likely N-dealkylation sites (tertiary alicyclic amines) is 1. The summed E-state index contributed by atoms with van der Waals surface area (Å²) in [6, 6.07) is 7.94. The van der Waals surface area contributed by atoms with Crippen molar-refractivity contribution in [3.63, 3.8) is 0 Å². The van der Waals surface area contributed by atoms with Crippen LogP contribution in [0.1, 0.15) is 34.9 Å². The van der Waals surface area contributed by atoms with E-state index in [4.69, 9.17) is 0 Å². The van der Waals surface area contributed by atoms with Crippen molar-refractivity contribution in [2.75, 3.05) is 13.1 Å². The van der Waals surface area contributed by atoms with Crippen LogP contribution in [0.2, 0.25) is 0 Å². The number of piperidine rings is 1. The number of halogens is 3. The van der Waals surface area contributed by atoms with E-state index in [1.807, 2.05) is 0 Å². The fourth-order valence-electron chi connectivity index (χ4n) is 4.07. The summed E-state index contributed by atoms with van der Waals surface area (Å²) in [6.07, 6.45) is -3.95. The van der Waals surface area contributed by atoms with Gasteiger partial charge in [0.1, 0.15) is 5.75 Å². The third-order valence-electron chi connectivity index (χ3n) is 5.74. The molecule has 4 rings (SSSR count). The summed E-state index contributed by atoms with van der Waals surface area (Å²) in [5, 5.41) is 0. The van der Waals surface area contributed by atoms with E-state index in [-0.39, 0.29) is 17.5 Å². The minimum Gasteiger partial charge on any atom is -0.406 e. The number of rotatable bonds is 3. The number of carbonyl (C=O) groups is 1. The number of fused-ring (bicyclic) bond motifs is 1. The number of pyridine rings is 1. The Kier molecular flexibility index (Phi) is 5.73. The highest BCUT2D eigenvalue weighted by atomic mass is 19.4. The van der Waals surface area contributed by atoms with Crippen molar-refractivity contribution in [1.29, 1.82) is 0 Å². The average molecular weight is 462 g/mol. The van der Waals surface area contributed by atoms with Gasteiger partial charge in [-0.05, 0) is 56.2 Å². The van der Waals surface area contributed by atoms with Crippen molar-refractivity contribution >= 4 is 17.1 Å². The molecule has 1 saturated heterocycles. The molecule has 1 aromatic carbocycles. The van der Waals surface area contributed by atoms with Crippen molar-refractivity contribution in [2.24, 2.45) is 7.05 Å². The maximum absolute atomic E-state index is 12.8. The SMILES string of the molecule is Cc1ccc2c(n1)n(C1CCN(C(=O)c3ccc(OC(F)(F)F)cc3)CC1)c(=O)c(=O)n2C. The molecule has 1 amide bonds. The van der Waals surface area contributed by atoms with Gasteiger partial charge < -0.3 is 14.2 Å². The zero-order chi connectivity index (χ0) is 23.9. The van der Waals surface area contributed by atoms with Crippen LogP contribution in [0.25, 0.3) is 11.2 Å². The molecule has 0 radical (unpaired) electrons. The molecular formula is C22H21F3N4O4. The summed E-state index contributed by atoms with van der Waals surface area (Å²) in [5.74, 6) is -0.736. The van der Waals surface area contributed by atoms with Crippen LogP contribution in [-0.2, 0) is 7.05 Å². The molecule has 0 atom stereocenters. The second-order valence-corrected chi connectivity index (χ2v) is 7.93. The summed E-state index contributed by atoms with van der Waals surface area (Å²) in [5.41, 5.74) is 0.606. The zero-order valence-electron chi connectivity index (χ0n) is 17.9. The van der Waals surface area contributed by atoms with Crippen molar-refractivity contribution in [2.45, 2.75) is 32.2 Å². The largest absolute Gasteiger partial charge is 0.573 e. The van der Waals surface area contributed by atoms with E-state index in [1.54, 1.807) is 24.0 Å². The van der Waals surface area contributed by atoms with Crippen LogP contribution in [0.4, 0.5) is 13.2 Å². The Bertz CT molecular complexity index is 1320. The Morgan fingerprint density at radius 3 is 2.27 bits per heavy atom. The van der Waals surface area contributed by atoms with Gasteiger partial charge in [0.2, 0.25) is 0 Å². The van der Waals surface area contributed by atoms with Gasteiger partial charge in [-0.25, -0.2) is 4.98 Å². The predicted octanol–water partition coefficient (Wildman–Crippen LogP) is 2.78. The Morgan fingerprint density at radius 1 is 1.03 bits per heavy atom. The molecule has 2 aromatic heterocycles. The number of nitrogens with zero attached hydrogens (tertiary/aromatic N) is 4. The number of benzene rings is 1. The number of hydrogen-bond donors (Lipinski definition) is 0. The minimum absolute atomic E-state index is 0.233. The van der Waals surface area contributed by atoms with Gasteiger partial charge in [0.25, 0.3) is 5.91 Å². The van der Waals surface area contributed by atoms with Gasteiger partial charge in [-0.3, -0.25) is 19.0 Å². The van der Waals surface area contributed by atoms with E-state index < -0.39 is 23.2 Å². The maximum Gasteiger partial charge on any atom is 0.573 e. The number of hydrogen-bond acceptors (Lipinski definition) is 5. The first-order valence-electron chi connectivity index (χ1n) is 10.3. The monoisotopic (exact) mass is 462 g/mol. The van der Waals surface area contributed by atoms with Crippen LogP contribution >= 0.6 is 0 Å². The topological polar surface area (TPSA) is 86.4 Å². The second kappa shape index (κ2) is 8.38. The van der Waals surface area contributed by atoms with Crippen molar-refractivity contribution < 1.29 is 22.7 Å². The zero-order valence-corrected chi connectivity index (χ0v) is 17.9. The predicted molar refractivity (Wildman–Crippen MR) is 113 cm³/mol. The van der Waals surface area contributed by atoms with Crippen LogP contribution in [0.5, 0.6) is 5.75 Å². The number of aromatic nitrogens is 3. The summed E-state index contributed by atoms with van der Waals surface area (Å²) in [6.45, 7) is 2.43. The molecular weight excluding hydrogens is 441 g/mol. The summed E-state index contributed by atoms with van der Waals surface area (Å²) in [4.78, 5) is 44.1. The van der Waals surface area contributed by atoms with Crippen LogP contribution < -0.4 is 15.9 Å². The smallest absolute Gasteiger partial charge is 0.406 e. The number of aryl methyl sites for hydroxylation is 2. The van der Waals surface area contributed by atoms with E-state index in [9.17, 15) is 27.6 Å². The van der Waals surface area contributed by atoms with Crippen molar-refractivity contribution in [3.05, 3.63) is 68.4 Å². The molecule has 3 heterocycles. The van der Waals surface area contributed by atoms with Crippen LogP contribution in [0.3, 0.4) is 0 Å². The summed E-state index contributed by atoms with van der Waals surface area (Å²) < 4.78 is 43.5. The van der Waals surface area contributed by atoms with Crippen LogP contribution in [0.15, 0.2) is 46.0 Å². The highest BCUT2D eigenvalue weighted by Gasteiger charge is 2.31. The standard InChI is InChI=1S/C22H21F3N4O4/c1-13-3-8-17-18(26-13)29(21(32)20(31)27(17)2)15-9-11-28(12-10-15)19(30)14-4-6-16(7-5-14)33-22(23,24)25/h3-8,15H,9-12H2,1-2H3. The minimum atomic E-state index is -4.80. The fraction of sp³-hybridized carbons (Fsp3) is 0.364. The van der Waals surface area contributed by atoms with Gasteiger partial charge >= 0.3 is 17.5 Å². The lowest BCUT2D eigenvalue weighted by molar-refractivity contribution is -0.274. The van der Waals surface area contributed by atoms with Gasteiger partial charge in [0.05, 0.1) is 5.52 Å². The molecule has 0 spiro atoms. The normalized spacial score (nSPS) is 15.1. The van der Waals surface area contributed by atoms with Gasteiger partial charge in [-0.1, -0.05) is 0 Å². The van der Waals surface area contributed by atoms with Gasteiger partial charge in [-0.2, -0.15) is 0 Å². The van der Waals surface area contributed by atoms with E-state index in [0.29, 0.717) is 42.8 Å². The Labute approximate surface area is 185 Å². The van der Waals surface area contributed by atoms with Crippen LogP contribution in [-0.4, -0.2) is 44.4 Å². The molecule has 8 nitrogen and oxygen atoms in total. The molecule has 0 unspecified atom stereocenters. The average Bonchev–Trinajstić information content (AvgIpc) is 2.77. The Morgan fingerprint density at radius 2 is 1.67 bits per heavy atom. The maximum atomic E-state index is 12.8. The molecule has 3 aromatic rings. The summed E-state index contributed by atoms with van der Waals surface area (Å²) in [7, 11) is 1.53. The summed E-state index contributed by atoms with van der Waals surface area (Å²) >= 11 is 0. The number of alkyl halides is 3. The number of amides is 1. The van der Waals surface area contributed by atoms with Gasteiger partial charge in [-0.15, -0.1) is 13.2 Å². The number of carbonyl (C=O) groups excluding carboxylic acids is 1.